The zero-order valence-corrected chi connectivity index (χ0v) is 17.1. The zero-order valence-electron chi connectivity index (χ0n) is 16.3. The molecule has 0 bridgehead atoms. The van der Waals surface area contributed by atoms with Crippen molar-refractivity contribution in [3.05, 3.63) is 65.2 Å². The van der Waals surface area contributed by atoms with Crippen molar-refractivity contribution >= 4 is 15.9 Å². The fourth-order valence-electron chi connectivity index (χ4n) is 3.05. The Hall–Kier alpha value is -2.43. The van der Waals surface area contributed by atoms with Gasteiger partial charge in [-0.15, -0.1) is 0 Å². The second-order valence-electron chi connectivity index (χ2n) is 7.11. The smallest absolute Gasteiger partial charge is 0.348 e. The number of nitrogens with zero attached hydrogens (tertiary/aromatic N) is 2. The Morgan fingerprint density at radius 3 is 2.07 bits per heavy atom. The molecule has 0 saturated carbocycles. The van der Waals surface area contributed by atoms with E-state index in [2.05, 4.69) is 10.2 Å². The molecule has 1 aliphatic heterocycles. The molecule has 0 aromatic heterocycles. The second-order valence-corrected chi connectivity index (χ2v) is 9.05. The quantitative estimate of drug-likeness (QED) is 0.775. The molecule has 0 aliphatic carbocycles. The molecule has 10 heteroatoms. The Morgan fingerprint density at radius 1 is 0.967 bits per heavy atom. The monoisotopic (exact) mass is 441 g/mol. The summed E-state index contributed by atoms with van der Waals surface area (Å²) in [5, 5.41) is 2.61. The predicted octanol–water partition coefficient (Wildman–Crippen LogP) is 2.57. The number of rotatable bonds is 5. The van der Waals surface area contributed by atoms with Crippen LogP contribution in [0, 0.1) is 0 Å². The average Bonchev–Trinajstić information content (AvgIpc) is 2.72. The van der Waals surface area contributed by atoms with Gasteiger partial charge in [0.15, 0.2) is 0 Å². The number of nitrogens with one attached hydrogen (secondary N) is 1. The standard InChI is InChI=1S/C20H22F3N3O3S/c1-25-10-12-26(13-11-25)30(28,29)18-8-2-15(3-9-18)14-24-19(27)16-4-6-17(7-5-16)20(21,22)23/h2-9H,10-14H2,1H3,(H,24,27). The molecule has 3 rings (SSSR count). The summed E-state index contributed by atoms with van der Waals surface area (Å²) in [6.45, 7) is 2.34. The van der Waals surface area contributed by atoms with Gasteiger partial charge in [0.2, 0.25) is 10.0 Å². The van der Waals surface area contributed by atoms with E-state index in [4.69, 9.17) is 0 Å². The maximum atomic E-state index is 12.7. The minimum atomic E-state index is -4.46. The first-order chi connectivity index (χ1) is 14.1. The van der Waals surface area contributed by atoms with Crippen LogP contribution in [-0.4, -0.2) is 56.8 Å². The highest BCUT2D eigenvalue weighted by molar-refractivity contribution is 7.89. The van der Waals surface area contributed by atoms with Crippen LogP contribution in [0.2, 0.25) is 0 Å². The summed E-state index contributed by atoms with van der Waals surface area (Å²) in [5.41, 5.74) is -0.0407. The van der Waals surface area contributed by atoms with Crippen LogP contribution in [0.3, 0.4) is 0 Å². The van der Waals surface area contributed by atoms with Gasteiger partial charge in [-0.3, -0.25) is 4.79 Å². The van der Waals surface area contributed by atoms with Gasteiger partial charge in [-0.25, -0.2) is 8.42 Å². The van der Waals surface area contributed by atoms with Crippen molar-refractivity contribution in [2.24, 2.45) is 0 Å². The second kappa shape index (κ2) is 8.75. The Balaban J connectivity index is 1.60. The third-order valence-electron chi connectivity index (χ3n) is 4.95. The topological polar surface area (TPSA) is 69.7 Å². The van der Waals surface area contributed by atoms with Crippen molar-refractivity contribution in [1.82, 2.24) is 14.5 Å². The van der Waals surface area contributed by atoms with Gasteiger partial charge in [-0.2, -0.15) is 17.5 Å². The molecule has 1 saturated heterocycles. The summed E-state index contributed by atoms with van der Waals surface area (Å²) in [6, 6.07) is 10.1. The molecule has 6 nitrogen and oxygen atoms in total. The van der Waals surface area contributed by atoms with Gasteiger partial charge in [-0.05, 0) is 49.0 Å². The molecule has 2 aromatic carbocycles. The molecular formula is C20H22F3N3O3S. The molecule has 0 spiro atoms. The van der Waals surface area contributed by atoms with E-state index < -0.39 is 27.7 Å². The maximum absolute atomic E-state index is 12.7. The molecule has 1 amide bonds. The number of carbonyl (C=O) groups is 1. The summed E-state index contributed by atoms with van der Waals surface area (Å²) in [7, 11) is -1.62. The first-order valence-corrected chi connectivity index (χ1v) is 10.7. The third-order valence-corrected chi connectivity index (χ3v) is 6.86. The number of carbonyl (C=O) groups excluding carboxylic acids is 1. The lowest BCUT2D eigenvalue weighted by Crippen LogP contribution is -2.47. The fraction of sp³-hybridized carbons (Fsp3) is 0.350. The maximum Gasteiger partial charge on any atom is 0.416 e. The molecule has 1 fully saturated rings. The molecule has 0 unspecified atom stereocenters. The number of piperazine rings is 1. The summed E-state index contributed by atoms with van der Waals surface area (Å²) in [4.78, 5) is 14.4. The normalized spacial score (nSPS) is 16.4. The Morgan fingerprint density at radius 2 is 1.53 bits per heavy atom. The van der Waals surface area contributed by atoms with E-state index in [-0.39, 0.29) is 17.0 Å². The average molecular weight is 441 g/mol. The number of likely N-dealkylation sites (N-methyl/N-ethyl adjacent to an activating group) is 1. The van der Waals surface area contributed by atoms with Crippen molar-refractivity contribution in [2.45, 2.75) is 17.6 Å². The number of hydrogen-bond acceptors (Lipinski definition) is 4. The van der Waals surface area contributed by atoms with Crippen molar-refractivity contribution in [1.29, 1.82) is 0 Å². The van der Waals surface area contributed by atoms with Gasteiger partial charge in [0.05, 0.1) is 10.5 Å². The van der Waals surface area contributed by atoms with E-state index in [0.29, 0.717) is 31.7 Å². The Kier molecular flexibility index (Phi) is 6.49. The van der Waals surface area contributed by atoms with Crippen LogP contribution < -0.4 is 5.32 Å². The summed E-state index contributed by atoms with van der Waals surface area (Å²) >= 11 is 0. The van der Waals surface area contributed by atoms with E-state index in [0.717, 1.165) is 24.3 Å². The first kappa shape index (κ1) is 22.3. The lowest BCUT2D eigenvalue weighted by atomic mass is 10.1. The molecule has 1 heterocycles. The van der Waals surface area contributed by atoms with Crippen LogP contribution >= 0.6 is 0 Å². The van der Waals surface area contributed by atoms with Crippen LogP contribution in [0.4, 0.5) is 13.2 Å². The minimum Gasteiger partial charge on any atom is -0.348 e. The van der Waals surface area contributed by atoms with Crippen LogP contribution in [0.5, 0.6) is 0 Å². The highest BCUT2D eigenvalue weighted by atomic mass is 32.2. The molecule has 162 valence electrons. The molecule has 1 aliphatic rings. The SMILES string of the molecule is CN1CCN(S(=O)(=O)c2ccc(CNC(=O)c3ccc(C(F)(F)F)cc3)cc2)CC1. The Bertz CT molecular complexity index is 983. The van der Waals surface area contributed by atoms with E-state index >= 15 is 0 Å². The summed E-state index contributed by atoms with van der Waals surface area (Å²) in [5.74, 6) is -0.516. The number of alkyl halides is 3. The van der Waals surface area contributed by atoms with E-state index in [1.54, 1.807) is 12.1 Å². The van der Waals surface area contributed by atoms with Gasteiger partial charge in [0, 0.05) is 38.3 Å². The lowest BCUT2D eigenvalue weighted by Gasteiger charge is -2.31. The number of hydrogen-bond donors (Lipinski definition) is 1. The molecular weight excluding hydrogens is 419 g/mol. The predicted molar refractivity (Wildman–Crippen MR) is 105 cm³/mol. The summed E-state index contributed by atoms with van der Waals surface area (Å²) < 4.78 is 64.7. The van der Waals surface area contributed by atoms with Crippen LogP contribution in [0.1, 0.15) is 21.5 Å². The third kappa shape index (κ3) is 5.18. The van der Waals surface area contributed by atoms with Gasteiger partial charge < -0.3 is 10.2 Å². The highest BCUT2D eigenvalue weighted by Gasteiger charge is 2.30. The number of amides is 1. The molecule has 0 atom stereocenters. The van der Waals surface area contributed by atoms with Gasteiger partial charge in [0.1, 0.15) is 0 Å². The van der Waals surface area contributed by atoms with E-state index in [1.165, 1.54) is 16.4 Å². The van der Waals surface area contributed by atoms with Gasteiger partial charge in [-0.1, -0.05) is 12.1 Å². The van der Waals surface area contributed by atoms with Crippen LogP contribution in [0.25, 0.3) is 0 Å². The molecule has 1 N–H and O–H groups in total. The van der Waals surface area contributed by atoms with Crippen molar-refractivity contribution in [2.75, 3.05) is 33.2 Å². The van der Waals surface area contributed by atoms with Crippen LogP contribution in [0.15, 0.2) is 53.4 Å². The first-order valence-electron chi connectivity index (χ1n) is 9.30. The van der Waals surface area contributed by atoms with Crippen molar-refractivity contribution in [3.8, 4) is 0 Å². The van der Waals surface area contributed by atoms with Crippen molar-refractivity contribution in [3.63, 3.8) is 0 Å². The number of sulfonamides is 1. The number of halogens is 3. The van der Waals surface area contributed by atoms with Crippen LogP contribution in [-0.2, 0) is 22.7 Å². The van der Waals surface area contributed by atoms with Gasteiger partial charge >= 0.3 is 6.18 Å². The molecule has 2 aromatic rings. The van der Waals surface area contributed by atoms with Gasteiger partial charge in [0.25, 0.3) is 5.91 Å². The molecule has 0 radical (unpaired) electrons. The highest BCUT2D eigenvalue weighted by Crippen LogP contribution is 2.29. The fourth-order valence-corrected chi connectivity index (χ4v) is 4.47. The zero-order chi connectivity index (χ0) is 21.9. The summed E-state index contributed by atoms with van der Waals surface area (Å²) in [6.07, 6.45) is -4.46. The number of benzene rings is 2. The minimum absolute atomic E-state index is 0.109. The Labute approximate surface area is 173 Å². The van der Waals surface area contributed by atoms with Crippen molar-refractivity contribution < 1.29 is 26.4 Å². The van der Waals surface area contributed by atoms with E-state index in [9.17, 15) is 26.4 Å². The molecule has 30 heavy (non-hydrogen) atoms. The largest absolute Gasteiger partial charge is 0.416 e. The van der Waals surface area contributed by atoms with E-state index in [1.807, 2.05) is 7.05 Å². The lowest BCUT2D eigenvalue weighted by molar-refractivity contribution is -0.137.